The van der Waals surface area contributed by atoms with E-state index in [9.17, 15) is 14.4 Å². The molecule has 1 N–H and O–H groups in total. The Labute approximate surface area is 165 Å². The Morgan fingerprint density at radius 1 is 1.07 bits per heavy atom. The Morgan fingerprint density at radius 3 is 2.71 bits per heavy atom. The molecule has 8 nitrogen and oxygen atoms in total. The molecule has 0 radical (unpaired) electrons. The third-order valence-corrected chi connectivity index (χ3v) is 5.77. The number of piperidine rings is 1. The van der Waals surface area contributed by atoms with E-state index in [1.807, 2.05) is 0 Å². The van der Waals surface area contributed by atoms with Crippen LogP contribution < -0.4 is 5.48 Å². The van der Waals surface area contributed by atoms with Crippen molar-refractivity contribution in [1.29, 1.82) is 0 Å². The molecule has 0 spiro atoms. The highest BCUT2D eigenvalue weighted by atomic mass is 16.7. The number of hydrogen-bond donors (Lipinski definition) is 1. The van der Waals surface area contributed by atoms with Crippen molar-refractivity contribution in [2.24, 2.45) is 5.92 Å². The van der Waals surface area contributed by atoms with Crippen LogP contribution in [-0.2, 0) is 25.8 Å². The lowest BCUT2D eigenvalue weighted by Crippen LogP contribution is -2.49. The van der Waals surface area contributed by atoms with Gasteiger partial charge in [0.15, 0.2) is 0 Å². The molecule has 1 saturated heterocycles. The van der Waals surface area contributed by atoms with Crippen LogP contribution in [0.5, 0.6) is 0 Å². The van der Waals surface area contributed by atoms with Crippen LogP contribution in [0.25, 0.3) is 0 Å². The summed E-state index contributed by atoms with van der Waals surface area (Å²) in [5, 5.41) is 0. The fraction of sp³-hybridized carbons (Fsp3) is 0.700. The minimum atomic E-state index is -0.516. The molecule has 2 aliphatic rings. The molecular formula is C20H30N4O4. The van der Waals surface area contributed by atoms with Gasteiger partial charge in [0.2, 0.25) is 5.91 Å². The standard InChI is InChI=1S/C20H30N4O4/c25-18(10-13-23-14-11-21-15-23)22-28-20(27)9-3-8-19(26)24-12-4-6-16-5-1-2-7-17(16)24/h11,14-17H,1-10,12-13H2,(H,22,25). The number of aromatic nitrogens is 2. The lowest BCUT2D eigenvalue weighted by Gasteiger charge is -2.44. The number of likely N-dealkylation sites (tertiary alicyclic amines) is 1. The number of amides is 2. The predicted molar refractivity (Wildman–Crippen MR) is 102 cm³/mol. The van der Waals surface area contributed by atoms with Crippen LogP contribution in [0.1, 0.15) is 64.2 Å². The van der Waals surface area contributed by atoms with E-state index >= 15 is 0 Å². The summed E-state index contributed by atoms with van der Waals surface area (Å²) in [6.45, 7) is 1.31. The van der Waals surface area contributed by atoms with E-state index < -0.39 is 5.97 Å². The van der Waals surface area contributed by atoms with Gasteiger partial charge < -0.3 is 14.3 Å². The second-order valence-electron chi connectivity index (χ2n) is 7.74. The van der Waals surface area contributed by atoms with Crippen molar-refractivity contribution in [1.82, 2.24) is 19.9 Å². The predicted octanol–water partition coefficient (Wildman–Crippen LogP) is 2.20. The Kier molecular flexibility index (Phi) is 7.45. The maximum Gasteiger partial charge on any atom is 0.332 e. The number of rotatable bonds is 7. The highest BCUT2D eigenvalue weighted by Gasteiger charge is 2.35. The summed E-state index contributed by atoms with van der Waals surface area (Å²) in [4.78, 5) is 46.8. The normalized spacial score (nSPS) is 21.6. The maximum absolute atomic E-state index is 12.6. The summed E-state index contributed by atoms with van der Waals surface area (Å²) in [6.07, 6.45) is 13.3. The van der Waals surface area contributed by atoms with Crippen LogP contribution in [0.4, 0.5) is 0 Å². The number of hydroxylamine groups is 1. The molecule has 2 amide bonds. The summed E-state index contributed by atoms with van der Waals surface area (Å²) in [7, 11) is 0. The van der Waals surface area contributed by atoms with Gasteiger partial charge in [-0.05, 0) is 38.0 Å². The lowest BCUT2D eigenvalue weighted by molar-refractivity contribution is -0.158. The minimum Gasteiger partial charge on any atom is -0.341 e. The number of nitrogens with one attached hydrogen (secondary N) is 1. The molecule has 2 unspecified atom stereocenters. The van der Waals surface area contributed by atoms with E-state index in [4.69, 9.17) is 4.84 Å². The Balaban J connectivity index is 1.30. The van der Waals surface area contributed by atoms with E-state index in [2.05, 4.69) is 15.4 Å². The highest BCUT2D eigenvalue weighted by Crippen LogP contribution is 2.35. The number of aryl methyl sites for hydroxylation is 1. The highest BCUT2D eigenvalue weighted by molar-refractivity contribution is 5.79. The van der Waals surface area contributed by atoms with Crippen molar-refractivity contribution in [3.05, 3.63) is 18.7 Å². The first kappa shape index (κ1) is 20.4. The first-order chi connectivity index (χ1) is 13.6. The molecule has 2 atom stereocenters. The van der Waals surface area contributed by atoms with Crippen molar-refractivity contribution in [3.8, 4) is 0 Å². The SMILES string of the molecule is O=C(CCn1ccnc1)NOC(=O)CCCC(=O)N1CCCC2CCCCC21. The number of carbonyl (C=O) groups is 3. The van der Waals surface area contributed by atoms with Crippen LogP contribution in [0.2, 0.25) is 0 Å². The number of hydrogen-bond acceptors (Lipinski definition) is 5. The van der Waals surface area contributed by atoms with Gasteiger partial charge in [-0.1, -0.05) is 12.8 Å². The number of carbonyl (C=O) groups excluding carboxylic acids is 3. The van der Waals surface area contributed by atoms with Gasteiger partial charge in [-0.15, -0.1) is 0 Å². The largest absolute Gasteiger partial charge is 0.341 e. The van der Waals surface area contributed by atoms with E-state index in [1.54, 1.807) is 23.3 Å². The van der Waals surface area contributed by atoms with Gasteiger partial charge in [-0.25, -0.2) is 9.78 Å². The summed E-state index contributed by atoms with van der Waals surface area (Å²) >= 11 is 0. The Morgan fingerprint density at radius 2 is 1.89 bits per heavy atom. The van der Waals surface area contributed by atoms with Gasteiger partial charge in [-0.2, -0.15) is 5.48 Å². The summed E-state index contributed by atoms with van der Waals surface area (Å²) in [6, 6.07) is 0.400. The third kappa shape index (κ3) is 5.81. The van der Waals surface area contributed by atoms with Gasteiger partial charge in [-0.3, -0.25) is 9.59 Å². The van der Waals surface area contributed by atoms with Crippen molar-refractivity contribution in [2.45, 2.75) is 76.8 Å². The molecule has 154 valence electrons. The number of nitrogens with zero attached hydrogens (tertiary/aromatic N) is 3. The number of imidazole rings is 1. The summed E-state index contributed by atoms with van der Waals surface area (Å²) < 4.78 is 1.77. The molecule has 3 rings (SSSR count). The third-order valence-electron chi connectivity index (χ3n) is 5.77. The zero-order chi connectivity index (χ0) is 19.8. The second-order valence-corrected chi connectivity index (χ2v) is 7.74. The van der Waals surface area contributed by atoms with E-state index in [1.165, 1.54) is 25.7 Å². The molecule has 1 aliphatic heterocycles. The van der Waals surface area contributed by atoms with Gasteiger partial charge in [0.1, 0.15) is 0 Å². The zero-order valence-corrected chi connectivity index (χ0v) is 16.3. The van der Waals surface area contributed by atoms with E-state index in [0.717, 1.165) is 19.4 Å². The monoisotopic (exact) mass is 390 g/mol. The van der Waals surface area contributed by atoms with Crippen molar-refractivity contribution >= 4 is 17.8 Å². The average Bonchev–Trinajstić information content (AvgIpc) is 3.24. The van der Waals surface area contributed by atoms with Gasteiger partial charge in [0, 0.05) is 50.8 Å². The van der Waals surface area contributed by atoms with Gasteiger partial charge in [0.25, 0.3) is 5.91 Å². The van der Waals surface area contributed by atoms with Gasteiger partial charge in [0.05, 0.1) is 6.33 Å². The maximum atomic E-state index is 12.6. The fourth-order valence-electron chi connectivity index (χ4n) is 4.33. The molecule has 2 fully saturated rings. The molecule has 28 heavy (non-hydrogen) atoms. The van der Waals surface area contributed by atoms with Crippen LogP contribution in [0.15, 0.2) is 18.7 Å². The Hall–Kier alpha value is -2.38. The lowest BCUT2D eigenvalue weighted by atomic mass is 9.78. The molecule has 1 aliphatic carbocycles. The molecule has 0 bridgehead atoms. The summed E-state index contributed by atoms with van der Waals surface area (Å²) in [5.41, 5.74) is 2.17. The first-order valence-electron chi connectivity index (χ1n) is 10.4. The molecule has 1 aromatic rings. The van der Waals surface area contributed by atoms with Crippen molar-refractivity contribution < 1.29 is 19.2 Å². The first-order valence-corrected chi connectivity index (χ1v) is 10.4. The molecule has 1 aromatic heterocycles. The molecule has 2 heterocycles. The van der Waals surface area contributed by atoms with Crippen LogP contribution in [-0.4, -0.2) is 44.8 Å². The minimum absolute atomic E-state index is 0.121. The number of fused-ring (bicyclic) bond motifs is 1. The smallest absolute Gasteiger partial charge is 0.332 e. The summed E-state index contributed by atoms with van der Waals surface area (Å²) in [5.74, 6) is -0.0736. The van der Waals surface area contributed by atoms with Crippen LogP contribution in [0.3, 0.4) is 0 Å². The molecule has 1 saturated carbocycles. The van der Waals surface area contributed by atoms with E-state index in [-0.39, 0.29) is 24.7 Å². The second kappa shape index (κ2) is 10.2. The quantitative estimate of drug-likeness (QED) is 0.721. The van der Waals surface area contributed by atoms with Crippen molar-refractivity contribution in [3.63, 3.8) is 0 Å². The zero-order valence-electron chi connectivity index (χ0n) is 16.3. The van der Waals surface area contributed by atoms with E-state index in [0.29, 0.717) is 31.3 Å². The average molecular weight is 390 g/mol. The molecule has 8 heteroatoms. The molecule has 0 aromatic carbocycles. The fourth-order valence-corrected chi connectivity index (χ4v) is 4.33. The van der Waals surface area contributed by atoms with Gasteiger partial charge >= 0.3 is 5.97 Å². The molecular weight excluding hydrogens is 360 g/mol. The van der Waals surface area contributed by atoms with Crippen molar-refractivity contribution in [2.75, 3.05) is 6.54 Å². The topological polar surface area (TPSA) is 93.5 Å². The Bertz CT molecular complexity index is 659. The van der Waals surface area contributed by atoms with Crippen LogP contribution in [0, 0.1) is 5.92 Å². The van der Waals surface area contributed by atoms with Crippen LogP contribution >= 0.6 is 0 Å².